The first-order chi connectivity index (χ1) is 15.7. The summed E-state index contributed by atoms with van der Waals surface area (Å²) < 4.78 is 12.7. The van der Waals surface area contributed by atoms with Gasteiger partial charge in [0, 0.05) is 0 Å². The van der Waals surface area contributed by atoms with Crippen LogP contribution in [0.3, 0.4) is 0 Å². The van der Waals surface area contributed by atoms with Crippen molar-refractivity contribution in [3.05, 3.63) is 60.5 Å². The van der Waals surface area contributed by atoms with E-state index < -0.39 is 11.8 Å². The van der Waals surface area contributed by atoms with Gasteiger partial charge in [0.15, 0.2) is 15.8 Å². The van der Waals surface area contributed by atoms with Crippen LogP contribution in [0.5, 0.6) is 11.5 Å². The number of thiocarbonyl (C=S) groups is 1. The van der Waals surface area contributed by atoms with Crippen LogP contribution >= 0.6 is 58.2 Å². The Labute approximate surface area is 221 Å². The van der Waals surface area contributed by atoms with E-state index in [1.165, 1.54) is 0 Å². The number of hydrogen-bond acceptors (Lipinski definition) is 6. The molecule has 0 aromatic heterocycles. The minimum absolute atomic E-state index is 0.227. The number of benzene rings is 2. The first-order valence-corrected chi connectivity index (χ1v) is 12.9. The molecule has 1 fully saturated rings. The zero-order chi connectivity index (χ0) is 24.1. The molecule has 0 unspecified atom stereocenters. The Balaban J connectivity index is 1.83. The minimum atomic E-state index is -0.511. The third kappa shape index (κ3) is 6.20. The topological polar surface area (TPSA) is 67.9 Å². The predicted molar refractivity (Wildman–Crippen MR) is 145 cm³/mol. The summed E-state index contributed by atoms with van der Waals surface area (Å²) >= 11 is 14.8. The van der Waals surface area contributed by atoms with Gasteiger partial charge in [0.2, 0.25) is 0 Å². The van der Waals surface area contributed by atoms with Gasteiger partial charge in [-0.3, -0.25) is 15.0 Å². The lowest BCUT2D eigenvalue weighted by Crippen LogP contribution is -2.44. The number of carbonyl (C=O) groups is 2. The first-order valence-electron chi connectivity index (χ1n) is 10.2. The fourth-order valence-corrected chi connectivity index (χ4v) is 5.24. The fraction of sp³-hybridized carbons (Fsp3) is 0.261. The first kappa shape index (κ1) is 25.8. The number of hydrogen-bond donors (Lipinski definition) is 1. The van der Waals surface area contributed by atoms with E-state index in [9.17, 15) is 9.59 Å². The number of aryl methyl sites for hydroxylation is 1. The van der Waals surface area contributed by atoms with Crippen molar-refractivity contribution in [2.45, 2.75) is 27.2 Å². The highest BCUT2D eigenvalue weighted by atomic mass is 127. The molecule has 1 aliphatic heterocycles. The molecular formula is C23H22ClIN2O4S2. The molecule has 0 bridgehead atoms. The van der Waals surface area contributed by atoms with Gasteiger partial charge in [-0.25, -0.2) is 0 Å². The van der Waals surface area contributed by atoms with Crippen molar-refractivity contribution in [3.8, 4) is 11.5 Å². The maximum Gasteiger partial charge on any atom is 0.285 e. The average Bonchev–Trinajstić information content (AvgIpc) is 3.00. The summed E-state index contributed by atoms with van der Waals surface area (Å²) in [6, 6.07) is 8.81. The third-order valence-corrected chi connectivity index (χ3v) is 6.87. The van der Waals surface area contributed by atoms with Crippen molar-refractivity contribution in [3.63, 3.8) is 0 Å². The maximum absolute atomic E-state index is 13.0. The van der Waals surface area contributed by atoms with Gasteiger partial charge in [-0.15, -0.1) is 0 Å². The Morgan fingerprint density at radius 1 is 1.27 bits per heavy atom. The van der Waals surface area contributed by atoms with Gasteiger partial charge < -0.3 is 9.47 Å². The van der Waals surface area contributed by atoms with Crippen molar-refractivity contribution < 1.29 is 19.1 Å². The summed E-state index contributed by atoms with van der Waals surface area (Å²) in [5.41, 5.74) is 4.51. The van der Waals surface area contributed by atoms with Crippen LogP contribution in [-0.2, 0) is 4.79 Å². The zero-order valence-corrected chi connectivity index (χ0v) is 22.8. The molecule has 33 heavy (non-hydrogen) atoms. The Morgan fingerprint density at radius 3 is 2.70 bits per heavy atom. The van der Waals surface area contributed by atoms with Crippen molar-refractivity contribution in [1.29, 1.82) is 0 Å². The predicted octanol–water partition coefficient (Wildman–Crippen LogP) is 5.99. The molecule has 0 saturated carbocycles. The number of nitrogens with one attached hydrogen (secondary N) is 1. The van der Waals surface area contributed by atoms with Gasteiger partial charge in [-0.2, -0.15) is 5.01 Å². The molecule has 0 aliphatic carbocycles. The zero-order valence-electron chi connectivity index (χ0n) is 18.2. The highest BCUT2D eigenvalue weighted by molar-refractivity contribution is 14.1. The molecule has 2 aromatic carbocycles. The number of hydrazine groups is 1. The van der Waals surface area contributed by atoms with Crippen LogP contribution in [0.15, 0.2) is 35.2 Å². The van der Waals surface area contributed by atoms with Crippen LogP contribution in [0.1, 0.15) is 41.8 Å². The molecular weight excluding hydrogens is 595 g/mol. The van der Waals surface area contributed by atoms with E-state index in [-0.39, 0.29) is 9.88 Å². The van der Waals surface area contributed by atoms with Crippen LogP contribution in [-0.4, -0.2) is 34.4 Å². The van der Waals surface area contributed by atoms with Crippen molar-refractivity contribution in [2.24, 2.45) is 0 Å². The van der Waals surface area contributed by atoms with Crippen molar-refractivity contribution >= 4 is 80.4 Å². The van der Waals surface area contributed by atoms with Crippen molar-refractivity contribution in [2.75, 3.05) is 13.2 Å². The number of rotatable bonds is 8. The standard InChI is InChI=1S/C23H22ClIN2O4S2/c1-4-8-31-20-17(25)10-14(11-18(20)30-5-2)12-19-22(29)27(23(32)33-19)26-21(28)15-7-6-13(3)9-16(15)24/h6-7,9-12H,4-5,8H2,1-3H3,(H,26,28)/b19-12-. The second-order valence-electron chi connectivity index (χ2n) is 7.05. The molecule has 1 aliphatic rings. The van der Waals surface area contributed by atoms with Crippen molar-refractivity contribution in [1.82, 2.24) is 10.4 Å². The largest absolute Gasteiger partial charge is 0.490 e. The number of amides is 2. The van der Waals surface area contributed by atoms with E-state index in [1.807, 2.05) is 32.9 Å². The van der Waals surface area contributed by atoms with Crippen LogP contribution in [0.2, 0.25) is 5.02 Å². The second-order valence-corrected chi connectivity index (χ2v) is 10.3. The molecule has 10 heteroatoms. The summed E-state index contributed by atoms with van der Waals surface area (Å²) in [4.78, 5) is 26.0. The lowest BCUT2D eigenvalue weighted by molar-refractivity contribution is -0.123. The molecule has 0 atom stereocenters. The number of carbonyl (C=O) groups excluding carboxylic acids is 2. The Kier molecular flexibility index (Phi) is 9.02. The number of halogens is 2. The van der Waals surface area contributed by atoms with Gasteiger partial charge >= 0.3 is 0 Å². The SMILES string of the molecule is CCCOc1c(I)cc(/C=C2\SC(=S)N(NC(=O)c3ccc(C)cc3Cl)C2=O)cc1OCC. The highest BCUT2D eigenvalue weighted by Gasteiger charge is 2.34. The molecule has 1 N–H and O–H groups in total. The van der Waals surface area contributed by atoms with Gasteiger partial charge in [-0.05, 0) is 96.5 Å². The molecule has 0 radical (unpaired) electrons. The van der Waals surface area contributed by atoms with E-state index in [1.54, 1.807) is 24.3 Å². The number of ether oxygens (including phenoxy) is 2. The number of thioether (sulfide) groups is 1. The molecule has 2 aromatic rings. The Morgan fingerprint density at radius 2 is 2.03 bits per heavy atom. The van der Waals surface area contributed by atoms with Gasteiger partial charge in [0.25, 0.3) is 11.8 Å². The lowest BCUT2D eigenvalue weighted by atomic mass is 10.1. The normalized spacial score (nSPS) is 14.7. The molecule has 1 heterocycles. The highest BCUT2D eigenvalue weighted by Crippen LogP contribution is 2.37. The van der Waals surface area contributed by atoms with E-state index in [2.05, 4.69) is 28.0 Å². The minimum Gasteiger partial charge on any atom is -0.490 e. The molecule has 6 nitrogen and oxygen atoms in total. The van der Waals surface area contributed by atoms with E-state index in [4.69, 9.17) is 33.3 Å². The monoisotopic (exact) mass is 616 g/mol. The third-order valence-electron chi connectivity index (χ3n) is 4.46. The molecule has 3 rings (SSSR count). The Bertz CT molecular complexity index is 1140. The number of nitrogens with zero attached hydrogens (tertiary/aromatic N) is 1. The van der Waals surface area contributed by atoms with Crippen LogP contribution < -0.4 is 14.9 Å². The smallest absolute Gasteiger partial charge is 0.285 e. The molecule has 2 amide bonds. The van der Waals surface area contributed by atoms with Gasteiger partial charge in [0.05, 0.1) is 32.3 Å². The van der Waals surface area contributed by atoms with E-state index in [0.29, 0.717) is 34.6 Å². The second kappa shape index (κ2) is 11.5. The molecule has 174 valence electrons. The van der Waals surface area contributed by atoms with E-state index >= 15 is 0 Å². The lowest BCUT2D eigenvalue weighted by Gasteiger charge is -2.16. The van der Waals surface area contributed by atoms with Crippen LogP contribution in [0, 0.1) is 10.5 Å². The van der Waals surface area contributed by atoms with Crippen LogP contribution in [0.4, 0.5) is 0 Å². The summed E-state index contributed by atoms with van der Waals surface area (Å²) in [6.45, 7) is 6.88. The fourth-order valence-electron chi connectivity index (χ4n) is 2.96. The summed E-state index contributed by atoms with van der Waals surface area (Å²) in [7, 11) is 0. The Hall–Kier alpha value is -1.82. The summed E-state index contributed by atoms with van der Waals surface area (Å²) in [6.07, 6.45) is 2.60. The summed E-state index contributed by atoms with van der Waals surface area (Å²) in [5.74, 6) is 0.372. The average molecular weight is 617 g/mol. The van der Waals surface area contributed by atoms with Gasteiger partial charge in [0.1, 0.15) is 0 Å². The maximum atomic E-state index is 13.0. The van der Waals surface area contributed by atoms with E-state index in [0.717, 1.165) is 37.9 Å². The van der Waals surface area contributed by atoms with Crippen LogP contribution in [0.25, 0.3) is 6.08 Å². The quantitative estimate of drug-likeness (QED) is 0.223. The molecule has 1 saturated heterocycles. The summed E-state index contributed by atoms with van der Waals surface area (Å²) in [5, 5.41) is 1.37. The molecule has 0 spiro atoms. The van der Waals surface area contributed by atoms with Gasteiger partial charge in [-0.1, -0.05) is 36.4 Å².